The van der Waals surface area contributed by atoms with Crippen molar-refractivity contribution in [1.82, 2.24) is 15.5 Å². The van der Waals surface area contributed by atoms with Crippen LogP contribution >= 0.6 is 0 Å². The minimum atomic E-state index is -2.67. The first-order chi connectivity index (χ1) is 10.3. The summed E-state index contributed by atoms with van der Waals surface area (Å²) in [5.41, 5.74) is -0.438. The second-order valence-electron chi connectivity index (χ2n) is 4.73. The van der Waals surface area contributed by atoms with Crippen molar-refractivity contribution >= 4 is 11.9 Å². The van der Waals surface area contributed by atoms with Crippen molar-refractivity contribution in [2.45, 2.75) is 31.5 Å². The SMILES string of the molecule is COC(=O)c1nnc2c(c1C)C(O)C(C(O)C(O)F)NC2=O. The second kappa shape index (κ2) is 5.91. The Kier molecular flexibility index (Phi) is 4.35. The van der Waals surface area contributed by atoms with Gasteiger partial charge in [0.2, 0.25) is 6.36 Å². The number of hydrogen-bond acceptors (Lipinski definition) is 8. The zero-order valence-electron chi connectivity index (χ0n) is 11.6. The van der Waals surface area contributed by atoms with E-state index in [9.17, 15) is 24.2 Å². The van der Waals surface area contributed by atoms with Gasteiger partial charge < -0.3 is 25.4 Å². The van der Waals surface area contributed by atoms with Crippen molar-refractivity contribution in [3.63, 3.8) is 0 Å². The minimum Gasteiger partial charge on any atom is -0.464 e. The Morgan fingerprint density at radius 1 is 1.41 bits per heavy atom. The van der Waals surface area contributed by atoms with Gasteiger partial charge in [0.25, 0.3) is 5.91 Å². The monoisotopic (exact) mass is 315 g/mol. The first kappa shape index (κ1) is 16.2. The Balaban J connectivity index is 2.54. The fourth-order valence-corrected chi connectivity index (χ4v) is 2.28. The van der Waals surface area contributed by atoms with Crippen molar-refractivity contribution < 1.29 is 34.0 Å². The molecule has 1 amide bonds. The summed E-state index contributed by atoms with van der Waals surface area (Å²) in [5.74, 6) is -1.65. The lowest BCUT2D eigenvalue weighted by molar-refractivity contribution is -0.0983. The molecule has 1 aromatic rings. The number of aromatic nitrogens is 2. The molecule has 0 saturated heterocycles. The smallest absolute Gasteiger partial charge is 0.358 e. The van der Waals surface area contributed by atoms with E-state index in [4.69, 9.17) is 5.11 Å². The van der Waals surface area contributed by atoms with E-state index in [1.54, 1.807) is 0 Å². The van der Waals surface area contributed by atoms with Gasteiger partial charge >= 0.3 is 5.97 Å². The van der Waals surface area contributed by atoms with Gasteiger partial charge in [-0.3, -0.25) is 4.79 Å². The third kappa shape index (κ3) is 2.51. The molecule has 0 saturated carbocycles. The molecule has 4 atom stereocenters. The van der Waals surface area contributed by atoms with Crippen LogP contribution in [0, 0.1) is 6.92 Å². The van der Waals surface area contributed by atoms with E-state index in [1.165, 1.54) is 6.92 Å². The number of methoxy groups -OCH3 is 1. The Morgan fingerprint density at radius 3 is 2.59 bits per heavy atom. The van der Waals surface area contributed by atoms with Gasteiger partial charge in [0.05, 0.1) is 13.2 Å². The molecule has 0 aromatic carbocycles. The molecular weight excluding hydrogens is 301 g/mol. The van der Waals surface area contributed by atoms with E-state index >= 15 is 0 Å². The summed E-state index contributed by atoms with van der Waals surface area (Å²) in [5, 5.41) is 37.9. The molecule has 120 valence electrons. The van der Waals surface area contributed by atoms with Crippen LogP contribution in [-0.2, 0) is 4.74 Å². The molecule has 0 spiro atoms. The number of aliphatic hydroxyl groups excluding tert-OH is 3. The van der Waals surface area contributed by atoms with E-state index in [2.05, 4.69) is 20.3 Å². The van der Waals surface area contributed by atoms with Crippen molar-refractivity contribution in [2.75, 3.05) is 7.11 Å². The standard InChI is InChI=1S/C12H14FN3O6/c1-3-4-6(16-15-5(3)12(21)22-2)11(20)14-7(8(4)17)9(18)10(13)19/h7-10,17-19H,1-2H3,(H,14,20). The third-order valence-electron chi connectivity index (χ3n) is 3.44. The van der Waals surface area contributed by atoms with Crippen molar-refractivity contribution in [2.24, 2.45) is 0 Å². The minimum absolute atomic E-state index is 0.0798. The molecule has 0 radical (unpaired) electrons. The number of aliphatic hydroxyl groups is 3. The zero-order valence-corrected chi connectivity index (χ0v) is 11.6. The normalized spacial score (nSPS) is 23.3. The number of halogens is 1. The number of carbonyl (C=O) groups excluding carboxylic acids is 2. The quantitative estimate of drug-likeness (QED) is 0.487. The van der Waals surface area contributed by atoms with Gasteiger partial charge in [-0.2, -0.15) is 0 Å². The van der Waals surface area contributed by atoms with Crippen molar-refractivity contribution in [1.29, 1.82) is 0 Å². The van der Waals surface area contributed by atoms with Gasteiger partial charge in [0, 0.05) is 5.56 Å². The van der Waals surface area contributed by atoms with Gasteiger partial charge in [0.15, 0.2) is 11.4 Å². The van der Waals surface area contributed by atoms with Crippen molar-refractivity contribution in [3.05, 3.63) is 22.5 Å². The molecule has 1 aliphatic heterocycles. The summed E-state index contributed by atoms with van der Waals surface area (Å²) < 4.78 is 17.4. The van der Waals surface area contributed by atoms with E-state index in [1.807, 2.05) is 0 Å². The molecule has 0 aliphatic carbocycles. The van der Waals surface area contributed by atoms with Crippen LogP contribution in [-0.4, -0.2) is 63.0 Å². The average molecular weight is 315 g/mol. The number of alkyl halides is 1. The topological polar surface area (TPSA) is 142 Å². The molecule has 4 N–H and O–H groups in total. The molecule has 1 aliphatic rings. The lowest BCUT2D eigenvalue weighted by Gasteiger charge is -2.34. The first-order valence-electron chi connectivity index (χ1n) is 6.24. The van der Waals surface area contributed by atoms with Crippen LogP contribution in [0.5, 0.6) is 0 Å². The predicted octanol–water partition coefficient (Wildman–Crippen LogP) is -1.63. The Hall–Kier alpha value is -2.17. The van der Waals surface area contributed by atoms with Gasteiger partial charge in [-0.1, -0.05) is 0 Å². The summed E-state index contributed by atoms with van der Waals surface area (Å²) in [7, 11) is 1.12. The highest BCUT2D eigenvalue weighted by Gasteiger charge is 2.42. The fourth-order valence-electron chi connectivity index (χ4n) is 2.28. The van der Waals surface area contributed by atoms with Crippen LogP contribution in [0.25, 0.3) is 0 Å². The summed E-state index contributed by atoms with van der Waals surface area (Å²) in [6.45, 7) is 1.40. The summed E-state index contributed by atoms with van der Waals surface area (Å²) >= 11 is 0. The number of nitrogens with one attached hydrogen (secondary N) is 1. The second-order valence-corrected chi connectivity index (χ2v) is 4.73. The summed E-state index contributed by atoms with van der Waals surface area (Å²) in [6, 6.07) is -1.51. The number of rotatable bonds is 3. The molecule has 1 aromatic heterocycles. The zero-order chi connectivity index (χ0) is 16.6. The Labute approximate surface area is 123 Å². The number of nitrogens with zero attached hydrogens (tertiary/aromatic N) is 2. The molecule has 4 unspecified atom stereocenters. The Morgan fingerprint density at radius 2 is 2.05 bits per heavy atom. The van der Waals surface area contributed by atoms with E-state index in [-0.39, 0.29) is 22.5 Å². The lowest BCUT2D eigenvalue weighted by atomic mass is 9.89. The molecular formula is C12H14FN3O6. The maximum atomic E-state index is 12.9. The van der Waals surface area contributed by atoms with Gasteiger partial charge in [0.1, 0.15) is 12.2 Å². The summed E-state index contributed by atoms with van der Waals surface area (Å²) in [6.07, 6.45) is -6.31. The molecule has 9 nitrogen and oxygen atoms in total. The highest BCUT2D eigenvalue weighted by molar-refractivity contribution is 5.97. The van der Waals surface area contributed by atoms with Crippen molar-refractivity contribution in [3.8, 4) is 0 Å². The number of amides is 1. The van der Waals surface area contributed by atoms with Crippen LogP contribution in [0.4, 0.5) is 4.39 Å². The highest BCUT2D eigenvalue weighted by Crippen LogP contribution is 2.31. The third-order valence-corrected chi connectivity index (χ3v) is 3.44. The predicted molar refractivity (Wildman–Crippen MR) is 67.4 cm³/mol. The van der Waals surface area contributed by atoms with E-state index in [0.717, 1.165) is 7.11 Å². The van der Waals surface area contributed by atoms with Crippen LogP contribution in [0.15, 0.2) is 0 Å². The molecule has 22 heavy (non-hydrogen) atoms. The van der Waals surface area contributed by atoms with Crippen LogP contribution in [0.3, 0.4) is 0 Å². The van der Waals surface area contributed by atoms with Crippen LogP contribution in [0.1, 0.15) is 38.2 Å². The number of fused-ring (bicyclic) bond motifs is 1. The Bertz CT molecular complexity index is 623. The maximum Gasteiger partial charge on any atom is 0.358 e. The average Bonchev–Trinajstić information content (AvgIpc) is 2.49. The molecule has 0 fully saturated rings. The lowest BCUT2D eigenvalue weighted by Crippen LogP contribution is -2.54. The maximum absolute atomic E-state index is 12.9. The molecule has 0 bridgehead atoms. The van der Waals surface area contributed by atoms with Gasteiger partial charge in [-0.05, 0) is 12.5 Å². The molecule has 2 heterocycles. The number of carbonyl (C=O) groups is 2. The van der Waals surface area contributed by atoms with E-state index < -0.39 is 36.5 Å². The number of hydrogen-bond donors (Lipinski definition) is 4. The van der Waals surface area contributed by atoms with Gasteiger partial charge in [-0.15, -0.1) is 10.2 Å². The molecule has 10 heteroatoms. The largest absolute Gasteiger partial charge is 0.464 e. The number of ether oxygens (including phenoxy) is 1. The van der Waals surface area contributed by atoms with E-state index in [0.29, 0.717) is 0 Å². The van der Waals surface area contributed by atoms with Crippen LogP contribution in [0.2, 0.25) is 0 Å². The van der Waals surface area contributed by atoms with Crippen LogP contribution < -0.4 is 5.32 Å². The highest BCUT2D eigenvalue weighted by atomic mass is 19.1. The number of esters is 1. The van der Waals surface area contributed by atoms with Gasteiger partial charge in [-0.25, -0.2) is 9.18 Å². The fraction of sp³-hybridized carbons (Fsp3) is 0.500. The summed E-state index contributed by atoms with van der Waals surface area (Å²) in [4.78, 5) is 23.5. The molecule has 2 rings (SSSR count). The first-order valence-corrected chi connectivity index (χ1v) is 6.24.